The van der Waals surface area contributed by atoms with Gasteiger partial charge in [-0.05, 0) is 44.9 Å². The van der Waals surface area contributed by atoms with E-state index < -0.39 is 11.4 Å². The second-order valence-electron chi connectivity index (χ2n) is 5.99. The van der Waals surface area contributed by atoms with Gasteiger partial charge in [0.05, 0.1) is 17.5 Å². The summed E-state index contributed by atoms with van der Waals surface area (Å²) in [6, 6.07) is 8.03. The molecule has 0 spiro atoms. The van der Waals surface area contributed by atoms with Crippen molar-refractivity contribution in [1.82, 2.24) is 4.57 Å². The lowest BCUT2D eigenvalue weighted by Crippen LogP contribution is -2.25. The predicted molar refractivity (Wildman–Crippen MR) is 83.8 cm³/mol. The van der Waals surface area contributed by atoms with Crippen molar-refractivity contribution in [3.8, 4) is 5.75 Å². The SMILES string of the molecule is CCCOc1cccc2c1ccn2CCC(C)(C)C(=O)O. The minimum absolute atomic E-state index is 0.589. The predicted octanol–water partition coefficient (Wildman–Crippen LogP) is 3.93. The Kier molecular flexibility index (Phi) is 4.56. The van der Waals surface area contributed by atoms with E-state index in [-0.39, 0.29) is 0 Å². The number of carbonyl (C=O) groups is 1. The first-order chi connectivity index (χ1) is 9.95. The lowest BCUT2D eigenvalue weighted by molar-refractivity contribution is -0.147. The summed E-state index contributed by atoms with van der Waals surface area (Å²) in [5.41, 5.74) is 0.372. The average molecular weight is 289 g/mol. The quantitative estimate of drug-likeness (QED) is 0.840. The van der Waals surface area contributed by atoms with Crippen LogP contribution < -0.4 is 4.74 Å². The second-order valence-corrected chi connectivity index (χ2v) is 5.99. The monoisotopic (exact) mass is 289 g/mol. The van der Waals surface area contributed by atoms with Crippen LogP contribution in [-0.2, 0) is 11.3 Å². The third kappa shape index (κ3) is 3.38. The molecule has 0 saturated heterocycles. The van der Waals surface area contributed by atoms with Gasteiger partial charge in [0.15, 0.2) is 0 Å². The van der Waals surface area contributed by atoms with Gasteiger partial charge in [0, 0.05) is 18.1 Å². The highest BCUT2D eigenvalue weighted by Gasteiger charge is 2.26. The first-order valence-electron chi connectivity index (χ1n) is 7.40. The third-order valence-corrected chi connectivity index (χ3v) is 3.79. The van der Waals surface area contributed by atoms with Crippen LogP contribution >= 0.6 is 0 Å². The Bertz CT molecular complexity index is 628. The van der Waals surface area contributed by atoms with Gasteiger partial charge in [-0.15, -0.1) is 0 Å². The van der Waals surface area contributed by atoms with Crippen molar-refractivity contribution >= 4 is 16.9 Å². The lowest BCUT2D eigenvalue weighted by atomic mass is 9.89. The van der Waals surface area contributed by atoms with E-state index in [4.69, 9.17) is 4.74 Å². The van der Waals surface area contributed by atoms with Gasteiger partial charge in [-0.2, -0.15) is 0 Å². The fourth-order valence-electron chi connectivity index (χ4n) is 2.23. The van der Waals surface area contributed by atoms with E-state index in [0.717, 1.165) is 23.1 Å². The summed E-state index contributed by atoms with van der Waals surface area (Å²) in [5.74, 6) is 0.136. The van der Waals surface area contributed by atoms with Crippen molar-refractivity contribution < 1.29 is 14.6 Å². The van der Waals surface area contributed by atoms with Gasteiger partial charge >= 0.3 is 5.97 Å². The minimum Gasteiger partial charge on any atom is -0.493 e. The molecule has 0 atom stereocenters. The number of carboxylic acid groups (broad SMARTS) is 1. The fourth-order valence-corrected chi connectivity index (χ4v) is 2.23. The number of nitrogens with zero attached hydrogens (tertiary/aromatic N) is 1. The molecule has 1 heterocycles. The molecule has 4 heteroatoms. The molecule has 0 saturated carbocycles. The summed E-state index contributed by atoms with van der Waals surface area (Å²) in [6.45, 7) is 6.99. The number of carboxylic acids is 1. The van der Waals surface area contributed by atoms with Crippen LogP contribution in [0.1, 0.15) is 33.6 Å². The second kappa shape index (κ2) is 6.20. The molecule has 2 rings (SSSR count). The summed E-state index contributed by atoms with van der Waals surface area (Å²) >= 11 is 0. The van der Waals surface area contributed by atoms with Crippen LogP contribution in [0.4, 0.5) is 0 Å². The van der Waals surface area contributed by atoms with Gasteiger partial charge in [-0.1, -0.05) is 13.0 Å². The van der Waals surface area contributed by atoms with Gasteiger partial charge in [0.25, 0.3) is 0 Å². The lowest BCUT2D eigenvalue weighted by Gasteiger charge is -2.19. The summed E-state index contributed by atoms with van der Waals surface area (Å²) < 4.78 is 7.85. The van der Waals surface area contributed by atoms with Crippen LogP contribution in [0.5, 0.6) is 5.75 Å². The number of benzene rings is 1. The Hall–Kier alpha value is -1.97. The molecule has 0 fully saturated rings. The zero-order valence-electron chi connectivity index (χ0n) is 12.9. The Balaban J connectivity index is 2.20. The number of hydrogen-bond acceptors (Lipinski definition) is 2. The van der Waals surface area contributed by atoms with Gasteiger partial charge in [-0.3, -0.25) is 4.79 Å². The van der Waals surface area contributed by atoms with Crippen LogP contribution in [0, 0.1) is 5.41 Å². The van der Waals surface area contributed by atoms with E-state index in [1.165, 1.54) is 0 Å². The number of rotatable bonds is 7. The average Bonchev–Trinajstić information content (AvgIpc) is 2.86. The maximum atomic E-state index is 11.2. The molecule has 0 unspecified atom stereocenters. The van der Waals surface area contributed by atoms with E-state index in [1.807, 2.05) is 30.5 Å². The Morgan fingerprint density at radius 3 is 2.76 bits per heavy atom. The molecule has 0 amide bonds. The molecule has 0 radical (unpaired) electrons. The molecule has 1 aromatic heterocycles. The van der Waals surface area contributed by atoms with Gasteiger partial charge in [0.1, 0.15) is 5.75 Å². The van der Waals surface area contributed by atoms with Crippen molar-refractivity contribution in [3.05, 3.63) is 30.5 Å². The summed E-state index contributed by atoms with van der Waals surface area (Å²) in [4.78, 5) is 11.2. The largest absolute Gasteiger partial charge is 0.493 e. The van der Waals surface area contributed by atoms with Crippen molar-refractivity contribution in [3.63, 3.8) is 0 Å². The Morgan fingerprint density at radius 2 is 2.10 bits per heavy atom. The summed E-state index contributed by atoms with van der Waals surface area (Å²) in [7, 11) is 0. The highest BCUT2D eigenvalue weighted by molar-refractivity contribution is 5.86. The smallest absolute Gasteiger partial charge is 0.309 e. The number of aromatic nitrogens is 1. The van der Waals surface area contributed by atoms with Crippen molar-refractivity contribution in [2.75, 3.05) is 6.61 Å². The molecule has 0 aliphatic rings. The number of ether oxygens (including phenoxy) is 1. The van der Waals surface area contributed by atoms with Crippen molar-refractivity contribution in [2.45, 2.75) is 40.2 Å². The highest BCUT2D eigenvalue weighted by Crippen LogP contribution is 2.28. The molecule has 0 aliphatic carbocycles. The molecule has 21 heavy (non-hydrogen) atoms. The minimum atomic E-state index is -0.758. The number of fused-ring (bicyclic) bond motifs is 1. The molecule has 1 aromatic carbocycles. The third-order valence-electron chi connectivity index (χ3n) is 3.79. The Labute approximate surface area is 125 Å². The standard InChI is InChI=1S/C17H23NO3/c1-4-12-21-15-7-5-6-14-13(15)8-10-18(14)11-9-17(2,3)16(19)20/h5-8,10H,4,9,11-12H2,1-3H3,(H,19,20). The van der Waals surface area contributed by atoms with E-state index in [9.17, 15) is 9.90 Å². The topological polar surface area (TPSA) is 51.5 Å². The first kappa shape index (κ1) is 15.4. The molecule has 0 aliphatic heterocycles. The van der Waals surface area contributed by atoms with Gasteiger partial charge < -0.3 is 14.4 Å². The molecule has 4 nitrogen and oxygen atoms in total. The van der Waals surface area contributed by atoms with Crippen LogP contribution in [0.2, 0.25) is 0 Å². The number of aliphatic carboxylic acids is 1. The number of aryl methyl sites for hydroxylation is 1. The summed E-state index contributed by atoms with van der Waals surface area (Å²) in [6.07, 6.45) is 3.57. The molecule has 1 N–H and O–H groups in total. The van der Waals surface area contributed by atoms with E-state index in [0.29, 0.717) is 19.6 Å². The van der Waals surface area contributed by atoms with Crippen LogP contribution in [0.15, 0.2) is 30.5 Å². The fraction of sp³-hybridized carbons (Fsp3) is 0.471. The van der Waals surface area contributed by atoms with Crippen LogP contribution in [-0.4, -0.2) is 22.2 Å². The van der Waals surface area contributed by atoms with E-state index >= 15 is 0 Å². The van der Waals surface area contributed by atoms with Crippen molar-refractivity contribution in [2.24, 2.45) is 5.41 Å². The van der Waals surface area contributed by atoms with Crippen LogP contribution in [0.3, 0.4) is 0 Å². The van der Waals surface area contributed by atoms with E-state index in [1.54, 1.807) is 13.8 Å². The molecule has 2 aromatic rings. The summed E-state index contributed by atoms with van der Waals surface area (Å²) in [5, 5.41) is 10.3. The zero-order valence-corrected chi connectivity index (χ0v) is 12.9. The maximum Gasteiger partial charge on any atom is 0.309 e. The zero-order chi connectivity index (χ0) is 15.5. The van der Waals surface area contributed by atoms with E-state index in [2.05, 4.69) is 11.5 Å². The first-order valence-corrected chi connectivity index (χ1v) is 7.40. The molecule has 0 bridgehead atoms. The molecular weight excluding hydrogens is 266 g/mol. The van der Waals surface area contributed by atoms with Gasteiger partial charge in [-0.25, -0.2) is 0 Å². The molecular formula is C17H23NO3. The normalized spacial score (nSPS) is 11.8. The maximum absolute atomic E-state index is 11.2. The van der Waals surface area contributed by atoms with Gasteiger partial charge in [0.2, 0.25) is 0 Å². The van der Waals surface area contributed by atoms with Crippen molar-refractivity contribution in [1.29, 1.82) is 0 Å². The number of hydrogen-bond donors (Lipinski definition) is 1. The highest BCUT2D eigenvalue weighted by atomic mass is 16.5. The van der Waals surface area contributed by atoms with Crippen LogP contribution in [0.25, 0.3) is 10.9 Å². The Morgan fingerprint density at radius 1 is 1.33 bits per heavy atom. The molecule has 114 valence electrons.